The third-order valence-corrected chi connectivity index (χ3v) is 3.58. The first-order valence-corrected chi connectivity index (χ1v) is 8.25. The van der Waals surface area contributed by atoms with Crippen LogP contribution in [0.5, 0.6) is 0 Å². The highest BCUT2D eigenvalue weighted by atomic mass is 15.1. The molecule has 0 spiro atoms. The number of unbranched alkanes of at least 4 members (excludes halogenated alkanes) is 2. The summed E-state index contributed by atoms with van der Waals surface area (Å²) < 4.78 is 0. The lowest BCUT2D eigenvalue weighted by Crippen LogP contribution is -1.95. The van der Waals surface area contributed by atoms with Gasteiger partial charge in [-0.25, -0.2) is 0 Å². The van der Waals surface area contributed by atoms with Crippen LogP contribution < -0.4 is 0 Å². The molecule has 0 bridgehead atoms. The molecule has 114 valence electrons. The number of hydrogen-bond donors (Lipinski definition) is 0. The topological polar surface area (TPSA) is 25.8 Å². The van der Waals surface area contributed by atoms with Gasteiger partial charge < -0.3 is 0 Å². The van der Waals surface area contributed by atoms with Gasteiger partial charge in [-0.05, 0) is 55.0 Å². The number of aryl methyl sites for hydroxylation is 2. The Bertz CT molecular complexity index is 615. The number of aromatic nitrogens is 2. The van der Waals surface area contributed by atoms with Crippen LogP contribution in [0.3, 0.4) is 0 Å². The summed E-state index contributed by atoms with van der Waals surface area (Å²) in [7, 11) is 0. The quantitative estimate of drug-likeness (QED) is 0.576. The van der Waals surface area contributed by atoms with Gasteiger partial charge in [0.1, 0.15) is 5.69 Å². The molecule has 0 unspecified atom stereocenters. The molecule has 0 saturated carbocycles. The van der Waals surface area contributed by atoms with Gasteiger partial charge in [-0.3, -0.25) is 0 Å². The van der Waals surface area contributed by atoms with E-state index in [1.807, 2.05) is 12.1 Å². The molecule has 0 saturated heterocycles. The molecule has 1 heterocycles. The number of nitrogens with zero attached hydrogens (tertiary/aromatic N) is 2. The van der Waals surface area contributed by atoms with Gasteiger partial charge in [0, 0.05) is 5.56 Å². The van der Waals surface area contributed by atoms with Crippen LogP contribution >= 0.6 is 0 Å². The van der Waals surface area contributed by atoms with Crippen molar-refractivity contribution in [2.75, 3.05) is 0 Å². The first-order valence-electron chi connectivity index (χ1n) is 8.25. The van der Waals surface area contributed by atoms with Crippen molar-refractivity contribution in [1.82, 2.24) is 10.2 Å². The van der Waals surface area contributed by atoms with Crippen molar-refractivity contribution < 1.29 is 0 Å². The standard InChI is InChI=1S/C20H24N2/c1-3-5-6-8-19-15-16-20(22-21-19)14-13-18-11-9-17(7-4-2)10-12-18/h9-12,15-16H,3-8H2,1-2H3. The molecule has 0 aliphatic carbocycles. The fraction of sp³-hybridized carbons (Fsp3) is 0.400. The number of benzene rings is 1. The predicted molar refractivity (Wildman–Crippen MR) is 91.7 cm³/mol. The summed E-state index contributed by atoms with van der Waals surface area (Å²) in [5.41, 5.74) is 4.18. The molecule has 2 aromatic rings. The molecule has 1 aromatic heterocycles. The second-order valence-electron chi connectivity index (χ2n) is 5.56. The maximum atomic E-state index is 4.25. The van der Waals surface area contributed by atoms with Crippen LogP contribution in [-0.4, -0.2) is 10.2 Å². The average molecular weight is 292 g/mol. The van der Waals surface area contributed by atoms with Crippen molar-refractivity contribution in [2.24, 2.45) is 0 Å². The summed E-state index contributed by atoms with van der Waals surface area (Å²) in [6, 6.07) is 12.4. The third-order valence-electron chi connectivity index (χ3n) is 3.58. The fourth-order valence-electron chi connectivity index (χ4n) is 2.30. The van der Waals surface area contributed by atoms with Crippen molar-refractivity contribution in [2.45, 2.75) is 52.4 Å². The summed E-state index contributed by atoms with van der Waals surface area (Å²) in [5, 5.41) is 8.44. The van der Waals surface area contributed by atoms with Crippen molar-refractivity contribution in [3.8, 4) is 11.8 Å². The largest absolute Gasteiger partial charge is 0.154 e. The second kappa shape index (κ2) is 9.00. The highest BCUT2D eigenvalue weighted by Gasteiger charge is 1.96. The van der Waals surface area contributed by atoms with Crippen molar-refractivity contribution in [3.05, 3.63) is 58.9 Å². The summed E-state index contributed by atoms with van der Waals surface area (Å²) in [6.45, 7) is 4.40. The lowest BCUT2D eigenvalue weighted by atomic mass is 10.1. The van der Waals surface area contributed by atoms with Gasteiger partial charge in [-0.1, -0.05) is 51.2 Å². The van der Waals surface area contributed by atoms with E-state index in [4.69, 9.17) is 0 Å². The summed E-state index contributed by atoms with van der Waals surface area (Å²) >= 11 is 0. The smallest absolute Gasteiger partial charge is 0.136 e. The highest BCUT2D eigenvalue weighted by Crippen LogP contribution is 2.06. The molecule has 2 heteroatoms. The van der Waals surface area contributed by atoms with Crippen molar-refractivity contribution in [1.29, 1.82) is 0 Å². The van der Waals surface area contributed by atoms with Crippen LogP contribution in [0.25, 0.3) is 0 Å². The lowest BCUT2D eigenvalue weighted by Gasteiger charge is -1.98. The molecule has 2 rings (SSSR count). The first kappa shape index (κ1) is 16.2. The van der Waals surface area contributed by atoms with Crippen molar-refractivity contribution >= 4 is 0 Å². The molecule has 22 heavy (non-hydrogen) atoms. The average Bonchev–Trinajstić information content (AvgIpc) is 2.56. The molecule has 0 amide bonds. The van der Waals surface area contributed by atoms with E-state index in [9.17, 15) is 0 Å². The highest BCUT2D eigenvalue weighted by molar-refractivity contribution is 5.40. The van der Waals surface area contributed by atoms with E-state index in [0.717, 1.165) is 29.8 Å². The molecular formula is C20H24N2. The van der Waals surface area contributed by atoms with Gasteiger partial charge in [-0.15, -0.1) is 5.10 Å². The Labute approximate surface area is 134 Å². The Morgan fingerprint density at radius 1 is 0.773 bits per heavy atom. The maximum Gasteiger partial charge on any atom is 0.136 e. The van der Waals surface area contributed by atoms with Crippen LogP contribution in [-0.2, 0) is 12.8 Å². The van der Waals surface area contributed by atoms with Gasteiger partial charge in [-0.2, -0.15) is 5.10 Å². The van der Waals surface area contributed by atoms with Crippen LogP contribution in [0.2, 0.25) is 0 Å². The van der Waals surface area contributed by atoms with E-state index >= 15 is 0 Å². The monoisotopic (exact) mass is 292 g/mol. The van der Waals surface area contributed by atoms with Crippen LogP contribution in [0.4, 0.5) is 0 Å². The zero-order valence-electron chi connectivity index (χ0n) is 13.6. The number of rotatable bonds is 6. The second-order valence-corrected chi connectivity index (χ2v) is 5.56. The Morgan fingerprint density at radius 2 is 1.59 bits per heavy atom. The van der Waals surface area contributed by atoms with E-state index in [-0.39, 0.29) is 0 Å². The predicted octanol–water partition coefficient (Wildman–Crippen LogP) is 4.56. The fourth-order valence-corrected chi connectivity index (χ4v) is 2.30. The SMILES string of the molecule is CCCCCc1ccc(C#Cc2ccc(CCC)cc2)nn1. The van der Waals surface area contributed by atoms with Gasteiger partial charge in [0.15, 0.2) is 0 Å². The molecule has 1 aromatic carbocycles. The Hall–Kier alpha value is -2.14. The first-order chi connectivity index (χ1) is 10.8. The lowest BCUT2D eigenvalue weighted by molar-refractivity contribution is 0.698. The van der Waals surface area contributed by atoms with E-state index in [0.29, 0.717) is 0 Å². The van der Waals surface area contributed by atoms with Gasteiger partial charge in [0.2, 0.25) is 0 Å². The normalized spacial score (nSPS) is 10.1. The Balaban J connectivity index is 1.96. The van der Waals surface area contributed by atoms with Gasteiger partial charge in [0.25, 0.3) is 0 Å². The zero-order valence-corrected chi connectivity index (χ0v) is 13.6. The summed E-state index contributed by atoms with van der Waals surface area (Å²) in [6.07, 6.45) is 6.96. The van der Waals surface area contributed by atoms with Gasteiger partial charge >= 0.3 is 0 Å². The van der Waals surface area contributed by atoms with E-state index in [2.05, 4.69) is 60.2 Å². The molecule has 0 N–H and O–H groups in total. The molecule has 2 nitrogen and oxygen atoms in total. The molecule has 0 atom stereocenters. The third kappa shape index (κ3) is 5.33. The molecule has 0 aliphatic rings. The minimum Gasteiger partial charge on any atom is -0.154 e. The Morgan fingerprint density at radius 3 is 2.23 bits per heavy atom. The maximum absolute atomic E-state index is 4.25. The minimum absolute atomic E-state index is 0.733. The van der Waals surface area contributed by atoms with Crippen molar-refractivity contribution in [3.63, 3.8) is 0 Å². The molecule has 0 fully saturated rings. The van der Waals surface area contributed by atoms with Crippen LogP contribution in [0.15, 0.2) is 36.4 Å². The van der Waals surface area contributed by atoms with Crippen LogP contribution in [0, 0.1) is 11.8 Å². The summed E-state index contributed by atoms with van der Waals surface area (Å²) in [4.78, 5) is 0. The van der Waals surface area contributed by atoms with E-state index < -0.39 is 0 Å². The van der Waals surface area contributed by atoms with E-state index in [1.54, 1.807) is 0 Å². The molecule has 0 aliphatic heterocycles. The number of hydrogen-bond acceptors (Lipinski definition) is 2. The molecule has 0 radical (unpaired) electrons. The van der Waals surface area contributed by atoms with E-state index in [1.165, 1.54) is 31.2 Å². The van der Waals surface area contributed by atoms with Crippen LogP contribution in [0.1, 0.15) is 62.0 Å². The molecular weight excluding hydrogens is 268 g/mol. The Kier molecular flexibility index (Phi) is 6.64. The zero-order chi connectivity index (χ0) is 15.6. The van der Waals surface area contributed by atoms with Gasteiger partial charge in [0.05, 0.1) is 5.69 Å². The summed E-state index contributed by atoms with van der Waals surface area (Å²) in [5.74, 6) is 6.23. The minimum atomic E-state index is 0.733.